The average molecular weight is 253 g/mol. The van der Waals surface area contributed by atoms with Gasteiger partial charge in [0.2, 0.25) is 5.91 Å². The van der Waals surface area contributed by atoms with Crippen molar-refractivity contribution in [2.75, 3.05) is 13.1 Å². The van der Waals surface area contributed by atoms with E-state index in [1.807, 2.05) is 18.7 Å². The molecule has 4 nitrogen and oxygen atoms in total. The molecule has 2 aliphatic carbocycles. The summed E-state index contributed by atoms with van der Waals surface area (Å²) in [6.45, 7) is 7.41. The summed E-state index contributed by atoms with van der Waals surface area (Å²) in [6.07, 6.45) is 3.36. The van der Waals surface area contributed by atoms with E-state index < -0.39 is 11.9 Å². The van der Waals surface area contributed by atoms with Gasteiger partial charge in [-0.3, -0.25) is 9.59 Å². The second-order valence-electron chi connectivity index (χ2n) is 6.34. The van der Waals surface area contributed by atoms with Crippen LogP contribution in [0, 0.1) is 23.2 Å². The van der Waals surface area contributed by atoms with Crippen molar-refractivity contribution in [1.82, 2.24) is 4.90 Å². The fraction of sp³-hybridized carbons (Fsp3) is 0.857. The molecule has 0 aliphatic heterocycles. The van der Waals surface area contributed by atoms with Crippen LogP contribution in [0.25, 0.3) is 0 Å². The van der Waals surface area contributed by atoms with Crippen LogP contribution in [0.4, 0.5) is 0 Å². The molecule has 0 radical (unpaired) electrons. The van der Waals surface area contributed by atoms with Gasteiger partial charge in [-0.15, -0.1) is 0 Å². The Balaban J connectivity index is 2.02. The molecular formula is C14H23NO3. The monoisotopic (exact) mass is 253 g/mol. The standard InChI is InChI=1S/C14H23NO3/c1-4-7-15(8-9-5-6-9)12(16)10-11(13(17)18)14(10,2)3/h9-11H,4-8H2,1-3H3,(H,17,18)/t10-,11+/m1/s1. The van der Waals surface area contributed by atoms with E-state index in [1.165, 1.54) is 12.8 Å². The van der Waals surface area contributed by atoms with Crippen molar-refractivity contribution >= 4 is 11.9 Å². The molecule has 0 aromatic rings. The highest BCUT2D eigenvalue weighted by molar-refractivity contribution is 5.91. The summed E-state index contributed by atoms with van der Waals surface area (Å²) in [4.78, 5) is 25.5. The summed E-state index contributed by atoms with van der Waals surface area (Å²) in [5.74, 6) is -0.933. The number of hydrogen-bond acceptors (Lipinski definition) is 2. The Morgan fingerprint density at radius 3 is 2.28 bits per heavy atom. The number of carbonyl (C=O) groups is 2. The SMILES string of the molecule is CCCN(CC1CC1)C(=O)[C@H]1[C@@H](C(=O)O)C1(C)C. The summed E-state index contributed by atoms with van der Waals surface area (Å²) in [5.41, 5.74) is -0.377. The summed E-state index contributed by atoms with van der Waals surface area (Å²) < 4.78 is 0. The predicted molar refractivity (Wildman–Crippen MR) is 68.0 cm³/mol. The fourth-order valence-corrected chi connectivity index (χ4v) is 2.93. The molecule has 1 amide bonds. The Bertz CT molecular complexity index is 360. The Hall–Kier alpha value is -1.06. The van der Waals surface area contributed by atoms with Crippen LogP contribution < -0.4 is 0 Å². The summed E-state index contributed by atoms with van der Waals surface area (Å²) in [6, 6.07) is 0. The van der Waals surface area contributed by atoms with E-state index in [-0.39, 0.29) is 17.2 Å². The Kier molecular flexibility index (Phi) is 3.39. The van der Waals surface area contributed by atoms with Gasteiger partial charge in [0, 0.05) is 13.1 Å². The maximum Gasteiger partial charge on any atom is 0.307 e. The highest BCUT2D eigenvalue weighted by Crippen LogP contribution is 2.59. The quantitative estimate of drug-likeness (QED) is 0.787. The number of carboxylic acids is 1. The number of carboxylic acid groups (broad SMARTS) is 1. The molecule has 2 aliphatic rings. The number of carbonyl (C=O) groups excluding carboxylic acids is 1. The molecular weight excluding hydrogens is 230 g/mol. The minimum absolute atomic E-state index is 0.0566. The molecule has 2 fully saturated rings. The van der Waals surface area contributed by atoms with E-state index in [9.17, 15) is 9.59 Å². The van der Waals surface area contributed by atoms with Crippen LogP contribution in [-0.4, -0.2) is 35.0 Å². The van der Waals surface area contributed by atoms with E-state index >= 15 is 0 Å². The molecule has 2 atom stereocenters. The van der Waals surface area contributed by atoms with Crippen molar-refractivity contribution in [3.8, 4) is 0 Å². The Labute approximate surface area is 108 Å². The molecule has 2 saturated carbocycles. The molecule has 0 aromatic carbocycles. The second kappa shape index (κ2) is 4.56. The van der Waals surface area contributed by atoms with Gasteiger partial charge in [-0.25, -0.2) is 0 Å². The van der Waals surface area contributed by atoms with Gasteiger partial charge in [0.25, 0.3) is 0 Å². The fourth-order valence-electron chi connectivity index (χ4n) is 2.93. The van der Waals surface area contributed by atoms with Crippen molar-refractivity contribution in [2.45, 2.75) is 40.0 Å². The Morgan fingerprint density at radius 2 is 1.89 bits per heavy atom. The van der Waals surface area contributed by atoms with Crippen LogP contribution >= 0.6 is 0 Å². The zero-order valence-corrected chi connectivity index (χ0v) is 11.5. The van der Waals surface area contributed by atoms with Crippen molar-refractivity contribution in [2.24, 2.45) is 23.2 Å². The van der Waals surface area contributed by atoms with Gasteiger partial charge in [-0.1, -0.05) is 20.8 Å². The maximum absolute atomic E-state index is 12.5. The lowest BCUT2D eigenvalue weighted by Crippen LogP contribution is -2.36. The van der Waals surface area contributed by atoms with Crippen molar-refractivity contribution in [1.29, 1.82) is 0 Å². The maximum atomic E-state index is 12.5. The zero-order valence-electron chi connectivity index (χ0n) is 11.5. The summed E-state index contributed by atoms with van der Waals surface area (Å²) in [5, 5.41) is 9.14. The third-order valence-corrected chi connectivity index (χ3v) is 4.34. The van der Waals surface area contributed by atoms with Crippen molar-refractivity contribution in [3.05, 3.63) is 0 Å². The molecule has 0 saturated heterocycles. The van der Waals surface area contributed by atoms with Gasteiger partial charge in [0.05, 0.1) is 11.8 Å². The molecule has 102 valence electrons. The molecule has 18 heavy (non-hydrogen) atoms. The van der Waals surface area contributed by atoms with E-state index in [2.05, 4.69) is 6.92 Å². The number of aliphatic carboxylic acids is 1. The lowest BCUT2D eigenvalue weighted by molar-refractivity contribution is -0.142. The number of amides is 1. The van der Waals surface area contributed by atoms with Gasteiger partial charge in [0.15, 0.2) is 0 Å². The largest absolute Gasteiger partial charge is 0.481 e. The first-order valence-electron chi connectivity index (χ1n) is 6.91. The van der Waals surface area contributed by atoms with E-state index in [0.717, 1.165) is 19.5 Å². The van der Waals surface area contributed by atoms with Crippen LogP contribution in [-0.2, 0) is 9.59 Å². The topological polar surface area (TPSA) is 57.6 Å². The van der Waals surface area contributed by atoms with E-state index in [1.54, 1.807) is 0 Å². The van der Waals surface area contributed by atoms with Gasteiger partial charge >= 0.3 is 5.97 Å². The molecule has 0 aromatic heterocycles. The molecule has 0 unspecified atom stereocenters. The Morgan fingerprint density at radius 1 is 1.28 bits per heavy atom. The summed E-state index contributed by atoms with van der Waals surface area (Å²) in [7, 11) is 0. The first-order valence-corrected chi connectivity index (χ1v) is 6.91. The zero-order chi connectivity index (χ0) is 13.5. The highest BCUT2D eigenvalue weighted by Gasteiger charge is 2.66. The van der Waals surface area contributed by atoms with Crippen LogP contribution in [0.5, 0.6) is 0 Å². The van der Waals surface area contributed by atoms with Crippen LogP contribution in [0.1, 0.15) is 40.0 Å². The molecule has 0 spiro atoms. The molecule has 1 N–H and O–H groups in total. The van der Waals surface area contributed by atoms with Gasteiger partial charge in [0.1, 0.15) is 0 Å². The van der Waals surface area contributed by atoms with Crippen LogP contribution in [0.2, 0.25) is 0 Å². The number of nitrogens with zero attached hydrogens (tertiary/aromatic N) is 1. The van der Waals surface area contributed by atoms with E-state index in [0.29, 0.717) is 5.92 Å². The average Bonchev–Trinajstić information content (AvgIpc) is 3.14. The number of rotatable bonds is 6. The van der Waals surface area contributed by atoms with Crippen molar-refractivity contribution < 1.29 is 14.7 Å². The molecule has 2 rings (SSSR count). The molecule has 0 heterocycles. The number of hydrogen-bond donors (Lipinski definition) is 1. The van der Waals surface area contributed by atoms with Crippen LogP contribution in [0.3, 0.4) is 0 Å². The van der Waals surface area contributed by atoms with Crippen LogP contribution in [0.15, 0.2) is 0 Å². The third kappa shape index (κ3) is 2.38. The molecule has 4 heteroatoms. The van der Waals surface area contributed by atoms with Gasteiger partial charge in [-0.2, -0.15) is 0 Å². The van der Waals surface area contributed by atoms with Crippen molar-refractivity contribution in [3.63, 3.8) is 0 Å². The highest BCUT2D eigenvalue weighted by atomic mass is 16.4. The molecule has 0 bridgehead atoms. The minimum Gasteiger partial charge on any atom is -0.481 e. The second-order valence-corrected chi connectivity index (χ2v) is 6.34. The lowest BCUT2D eigenvalue weighted by Gasteiger charge is -2.22. The van der Waals surface area contributed by atoms with Gasteiger partial charge < -0.3 is 10.0 Å². The first-order chi connectivity index (χ1) is 8.39. The van der Waals surface area contributed by atoms with E-state index in [4.69, 9.17) is 5.11 Å². The van der Waals surface area contributed by atoms with Gasteiger partial charge in [-0.05, 0) is 30.6 Å². The lowest BCUT2D eigenvalue weighted by atomic mass is 10.1. The third-order valence-electron chi connectivity index (χ3n) is 4.34. The smallest absolute Gasteiger partial charge is 0.307 e. The summed E-state index contributed by atoms with van der Waals surface area (Å²) >= 11 is 0. The minimum atomic E-state index is -0.832. The normalized spacial score (nSPS) is 28.8. The first kappa shape index (κ1) is 13.4. The predicted octanol–water partition coefficient (Wildman–Crippen LogP) is 1.99.